The maximum atomic E-state index is 12.4. The fourth-order valence-electron chi connectivity index (χ4n) is 3.99. The van der Waals surface area contributed by atoms with Gasteiger partial charge in [0.15, 0.2) is 0 Å². The number of carbonyl (C=O) groups excluding carboxylic acids is 1. The second-order valence-electron chi connectivity index (χ2n) is 7.02. The van der Waals surface area contributed by atoms with Gasteiger partial charge in [-0.05, 0) is 23.3 Å². The van der Waals surface area contributed by atoms with E-state index in [4.69, 9.17) is 5.73 Å². The summed E-state index contributed by atoms with van der Waals surface area (Å²) in [5.74, 6) is -0.0811. The maximum Gasteiger partial charge on any atom is 0.272 e. The molecule has 0 atom stereocenters. The molecule has 2 aromatic heterocycles. The molecule has 0 spiro atoms. The highest BCUT2D eigenvalue weighted by molar-refractivity contribution is 6.05. The summed E-state index contributed by atoms with van der Waals surface area (Å²) in [6, 6.07) is 11.4. The highest BCUT2D eigenvalue weighted by atomic mass is 16.2. The van der Waals surface area contributed by atoms with Crippen LogP contribution in [0.1, 0.15) is 21.6 Å². The van der Waals surface area contributed by atoms with Crippen molar-refractivity contribution in [3.05, 3.63) is 69.8 Å². The lowest BCUT2D eigenvalue weighted by molar-refractivity contribution is 0.0966. The maximum absolute atomic E-state index is 12.4. The summed E-state index contributed by atoms with van der Waals surface area (Å²) in [5, 5.41) is 15.1. The van der Waals surface area contributed by atoms with E-state index in [1.165, 1.54) is 0 Å². The van der Waals surface area contributed by atoms with E-state index in [2.05, 4.69) is 20.6 Å². The van der Waals surface area contributed by atoms with Crippen molar-refractivity contribution in [3.63, 3.8) is 0 Å². The normalized spacial score (nSPS) is 13.0. The molecule has 0 bridgehead atoms. The molecule has 0 fully saturated rings. The Bertz CT molecular complexity index is 1350. The van der Waals surface area contributed by atoms with Crippen LogP contribution in [-0.4, -0.2) is 25.9 Å². The van der Waals surface area contributed by atoms with Crippen LogP contribution < -0.4 is 16.6 Å². The van der Waals surface area contributed by atoms with Crippen molar-refractivity contribution in [1.82, 2.24) is 25.3 Å². The van der Waals surface area contributed by atoms with E-state index in [0.717, 1.165) is 27.9 Å². The molecule has 29 heavy (non-hydrogen) atoms. The topological polar surface area (TPSA) is 119 Å². The fraction of sp³-hybridized carbons (Fsp3) is 0.143. The molecule has 3 heterocycles. The zero-order chi connectivity index (χ0) is 20.1. The van der Waals surface area contributed by atoms with Gasteiger partial charge in [0, 0.05) is 36.7 Å². The third-order valence-corrected chi connectivity index (χ3v) is 5.38. The molecule has 0 aliphatic carbocycles. The number of hydrogen-bond donors (Lipinski definition) is 3. The number of aryl methyl sites for hydroxylation is 1. The largest absolute Gasteiger partial charge is 0.348 e. The lowest BCUT2D eigenvalue weighted by Gasteiger charge is -2.11. The molecule has 0 saturated heterocycles. The Balaban J connectivity index is 1.76. The fourth-order valence-corrected chi connectivity index (χ4v) is 3.99. The number of aromatic nitrogens is 4. The Morgan fingerprint density at radius 3 is 2.83 bits per heavy atom. The summed E-state index contributed by atoms with van der Waals surface area (Å²) in [6.45, 7) is 0.739. The van der Waals surface area contributed by atoms with Crippen molar-refractivity contribution < 1.29 is 4.79 Å². The predicted octanol–water partition coefficient (Wildman–Crippen LogP) is 1.69. The molecule has 1 amide bonds. The number of aromatic amines is 1. The standard InChI is InChI=1S/C21H18N6O2/c1-27-19(14-4-2-3-12-9-23-21(29)18(12)14)16(10-24-27)11-5-6-13-15(7-11)17(8-22)25-26-20(13)28/h2-7,10H,8-9,22H2,1H3,(H,23,29)(H,26,28). The Morgan fingerprint density at radius 2 is 2.00 bits per heavy atom. The molecule has 8 nitrogen and oxygen atoms in total. The third kappa shape index (κ3) is 2.57. The summed E-state index contributed by atoms with van der Waals surface area (Å²) in [4.78, 5) is 24.6. The summed E-state index contributed by atoms with van der Waals surface area (Å²) in [6.07, 6.45) is 1.77. The number of fused-ring (bicyclic) bond motifs is 2. The molecule has 0 radical (unpaired) electrons. The molecular formula is C21H18N6O2. The van der Waals surface area contributed by atoms with Crippen molar-refractivity contribution in [2.24, 2.45) is 12.8 Å². The van der Waals surface area contributed by atoms with Crippen LogP contribution in [0, 0.1) is 0 Å². The number of benzene rings is 2. The molecule has 1 aliphatic rings. The lowest BCUT2D eigenvalue weighted by atomic mass is 9.94. The molecule has 0 unspecified atom stereocenters. The van der Waals surface area contributed by atoms with Crippen LogP contribution in [0.3, 0.4) is 0 Å². The Hall–Kier alpha value is -3.78. The monoisotopic (exact) mass is 386 g/mol. The molecule has 4 N–H and O–H groups in total. The molecule has 0 saturated carbocycles. The number of carbonyl (C=O) groups is 1. The smallest absolute Gasteiger partial charge is 0.272 e. The minimum absolute atomic E-state index is 0.0811. The molecule has 2 aromatic carbocycles. The predicted molar refractivity (Wildman–Crippen MR) is 109 cm³/mol. The van der Waals surface area contributed by atoms with Crippen molar-refractivity contribution in [2.45, 2.75) is 13.1 Å². The summed E-state index contributed by atoms with van der Waals surface area (Å²) in [7, 11) is 1.85. The zero-order valence-corrected chi connectivity index (χ0v) is 15.7. The van der Waals surface area contributed by atoms with E-state index >= 15 is 0 Å². The minimum atomic E-state index is -0.257. The molecule has 4 aromatic rings. The summed E-state index contributed by atoms with van der Waals surface area (Å²) >= 11 is 0. The van der Waals surface area contributed by atoms with Crippen LogP contribution in [0.25, 0.3) is 33.2 Å². The van der Waals surface area contributed by atoms with Gasteiger partial charge >= 0.3 is 0 Å². The van der Waals surface area contributed by atoms with Crippen molar-refractivity contribution in [2.75, 3.05) is 0 Å². The number of nitrogens with one attached hydrogen (secondary N) is 2. The van der Waals surface area contributed by atoms with Gasteiger partial charge in [0.2, 0.25) is 0 Å². The van der Waals surface area contributed by atoms with Crippen molar-refractivity contribution in [3.8, 4) is 22.4 Å². The van der Waals surface area contributed by atoms with Gasteiger partial charge in [0.25, 0.3) is 11.5 Å². The van der Waals surface area contributed by atoms with Crippen LogP contribution >= 0.6 is 0 Å². The minimum Gasteiger partial charge on any atom is -0.348 e. The first-order valence-corrected chi connectivity index (χ1v) is 9.22. The number of nitrogens with zero attached hydrogens (tertiary/aromatic N) is 3. The number of amides is 1. The van der Waals surface area contributed by atoms with Gasteiger partial charge < -0.3 is 11.1 Å². The van der Waals surface area contributed by atoms with Crippen LogP contribution in [0.4, 0.5) is 0 Å². The van der Waals surface area contributed by atoms with Crippen LogP contribution in [0.2, 0.25) is 0 Å². The molecule has 8 heteroatoms. The van der Waals surface area contributed by atoms with Crippen LogP contribution in [-0.2, 0) is 20.1 Å². The van der Waals surface area contributed by atoms with Gasteiger partial charge in [0.05, 0.1) is 28.5 Å². The van der Waals surface area contributed by atoms with E-state index in [9.17, 15) is 9.59 Å². The average Bonchev–Trinajstić information content (AvgIpc) is 3.31. The average molecular weight is 386 g/mol. The molecule has 5 rings (SSSR count). The summed E-state index contributed by atoms with van der Waals surface area (Å²) in [5.41, 5.74) is 11.2. The Kier molecular flexibility index (Phi) is 3.82. The van der Waals surface area contributed by atoms with Crippen LogP contribution in [0.5, 0.6) is 0 Å². The van der Waals surface area contributed by atoms with E-state index in [0.29, 0.717) is 28.6 Å². The number of rotatable bonds is 3. The first-order valence-electron chi connectivity index (χ1n) is 9.22. The number of H-pyrrole nitrogens is 1. The van der Waals surface area contributed by atoms with E-state index in [1.807, 2.05) is 37.4 Å². The van der Waals surface area contributed by atoms with E-state index in [1.54, 1.807) is 16.9 Å². The lowest BCUT2D eigenvalue weighted by Crippen LogP contribution is -2.13. The number of hydrogen-bond acceptors (Lipinski definition) is 5. The SMILES string of the molecule is Cn1ncc(-c2ccc3c(=O)[nH]nc(CN)c3c2)c1-c1cccc2c1C(=O)NC2. The van der Waals surface area contributed by atoms with Crippen LogP contribution in [0.15, 0.2) is 47.4 Å². The first kappa shape index (κ1) is 17.3. The highest BCUT2D eigenvalue weighted by Crippen LogP contribution is 2.36. The van der Waals surface area contributed by atoms with Gasteiger partial charge in [-0.15, -0.1) is 0 Å². The first-order chi connectivity index (χ1) is 14.1. The van der Waals surface area contributed by atoms with Gasteiger partial charge in [-0.1, -0.05) is 24.3 Å². The highest BCUT2D eigenvalue weighted by Gasteiger charge is 2.26. The second kappa shape index (κ2) is 6.39. The van der Waals surface area contributed by atoms with Gasteiger partial charge in [-0.2, -0.15) is 10.2 Å². The van der Waals surface area contributed by atoms with Crippen molar-refractivity contribution in [1.29, 1.82) is 0 Å². The number of nitrogens with two attached hydrogens (primary N) is 1. The molecule has 1 aliphatic heterocycles. The van der Waals surface area contributed by atoms with Gasteiger partial charge in [-0.3, -0.25) is 14.3 Å². The Morgan fingerprint density at radius 1 is 1.14 bits per heavy atom. The summed E-state index contributed by atoms with van der Waals surface area (Å²) < 4.78 is 1.76. The third-order valence-electron chi connectivity index (χ3n) is 5.38. The van der Waals surface area contributed by atoms with Crippen molar-refractivity contribution >= 4 is 16.7 Å². The second-order valence-corrected chi connectivity index (χ2v) is 7.02. The Labute approximate surface area is 165 Å². The molecular weight excluding hydrogens is 368 g/mol. The zero-order valence-electron chi connectivity index (χ0n) is 15.7. The van der Waals surface area contributed by atoms with E-state index in [-0.39, 0.29) is 18.0 Å². The quantitative estimate of drug-likeness (QED) is 0.495. The molecule has 144 valence electrons. The van der Waals surface area contributed by atoms with Gasteiger partial charge in [-0.25, -0.2) is 5.10 Å². The van der Waals surface area contributed by atoms with E-state index < -0.39 is 0 Å². The van der Waals surface area contributed by atoms with Gasteiger partial charge in [0.1, 0.15) is 0 Å².